The molecule has 0 spiro atoms. The number of aromatic nitrogens is 1. The number of aromatic amines is 1. The average molecular weight is 382 g/mol. The van der Waals surface area contributed by atoms with Crippen molar-refractivity contribution < 1.29 is 23.8 Å². The second kappa shape index (κ2) is 7.82. The van der Waals surface area contributed by atoms with Crippen LogP contribution in [-0.2, 0) is 4.74 Å². The van der Waals surface area contributed by atoms with Crippen LogP contribution in [0, 0.1) is 0 Å². The van der Waals surface area contributed by atoms with E-state index < -0.39 is 5.97 Å². The largest absolute Gasteiger partial charge is 0.493 e. The molecule has 122 valence electrons. The minimum absolute atomic E-state index is 0.261. The molecule has 1 heterocycles. The molecular weight excluding hydrogens is 366 g/mol. The van der Waals surface area contributed by atoms with Gasteiger partial charge in [0.15, 0.2) is 18.1 Å². The van der Waals surface area contributed by atoms with Crippen molar-refractivity contribution in [2.24, 2.45) is 0 Å². The first kappa shape index (κ1) is 17.1. The van der Waals surface area contributed by atoms with E-state index in [-0.39, 0.29) is 18.0 Å². The monoisotopic (exact) mass is 381 g/mol. The maximum Gasteiger partial charge on any atom is 0.338 e. The Morgan fingerprint density at radius 1 is 1.30 bits per heavy atom. The Bertz CT molecular complexity index is 697. The van der Waals surface area contributed by atoms with E-state index in [4.69, 9.17) is 14.2 Å². The number of halogens is 1. The van der Waals surface area contributed by atoms with Gasteiger partial charge in [0.05, 0.1) is 29.4 Å². The predicted octanol–water partition coefficient (Wildman–Crippen LogP) is 3.22. The number of Topliss-reactive ketones (excluding diaryl/α,β-unsaturated/α-hetero) is 1. The summed E-state index contributed by atoms with van der Waals surface area (Å²) in [6.45, 7) is 1.97. The van der Waals surface area contributed by atoms with E-state index in [2.05, 4.69) is 20.9 Å². The number of carbonyl (C=O) groups excluding carboxylic acids is 2. The molecule has 0 unspecified atom stereocenters. The van der Waals surface area contributed by atoms with Gasteiger partial charge in [-0.15, -0.1) is 0 Å². The van der Waals surface area contributed by atoms with E-state index in [9.17, 15) is 9.59 Å². The van der Waals surface area contributed by atoms with Crippen molar-refractivity contribution in [3.63, 3.8) is 0 Å². The Hall–Kier alpha value is -2.28. The van der Waals surface area contributed by atoms with Gasteiger partial charge in [-0.1, -0.05) is 0 Å². The van der Waals surface area contributed by atoms with Gasteiger partial charge in [0.1, 0.15) is 0 Å². The summed E-state index contributed by atoms with van der Waals surface area (Å²) >= 11 is 3.33. The fourth-order valence-electron chi connectivity index (χ4n) is 1.92. The quantitative estimate of drug-likeness (QED) is 0.588. The van der Waals surface area contributed by atoms with Crippen molar-refractivity contribution in [2.45, 2.75) is 6.92 Å². The summed E-state index contributed by atoms with van der Waals surface area (Å²) in [5.74, 6) is -0.00912. The van der Waals surface area contributed by atoms with Crippen LogP contribution in [0.4, 0.5) is 0 Å². The fourth-order valence-corrected chi connectivity index (χ4v) is 2.47. The van der Waals surface area contributed by atoms with E-state index in [0.717, 1.165) is 0 Å². The van der Waals surface area contributed by atoms with Crippen LogP contribution in [0.2, 0.25) is 0 Å². The van der Waals surface area contributed by atoms with Crippen molar-refractivity contribution in [1.29, 1.82) is 0 Å². The molecular formula is C16H16BrNO5. The van der Waals surface area contributed by atoms with E-state index in [1.807, 2.05) is 6.92 Å². The number of ether oxygens (including phenoxy) is 3. The maximum absolute atomic E-state index is 12.1. The van der Waals surface area contributed by atoms with Crippen LogP contribution in [0.3, 0.4) is 0 Å². The van der Waals surface area contributed by atoms with Crippen molar-refractivity contribution in [1.82, 2.24) is 4.98 Å². The molecule has 2 rings (SSSR count). The number of nitrogens with one attached hydrogen (secondary N) is 1. The van der Waals surface area contributed by atoms with Gasteiger partial charge in [-0.2, -0.15) is 0 Å². The minimum atomic E-state index is -0.619. The van der Waals surface area contributed by atoms with Crippen LogP contribution < -0.4 is 9.47 Å². The Morgan fingerprint density at radius 3 is 2.70 bits per heavy atom. The standard InChI is InChI=1S/C16H16BrNO5/c1-3-22-15-11(17)7-10(8-14(15)21-2)16(20)23-9-13(19)12-5-4-6-18-12/h4-8,18H,3,9H2,1-2H3. The van der Waals surface area contributed by atoms with Crippen molar-refractivity contribution >= 4 is 27.7 Å². The molecule has 0 atom stereocenters. The van der Waals surface area contributed by atoms with E-state index in [0.29, 0.717) is 28.3 Å². The number of rotatable bonds is 7. The van der Waals surface area contributed by atoms with Gasteiger partial charge in [0.25, 0.3) is 0 Å². The summed E-state index contributed by atoms with van der Waals surface area (Å²) in [6.07, 6.45) is 1.63. The molecule has 0 saturated carbocycles. The van der Waals surface area contributed by atoms with Gasteiger partial charge in [-0.3, -0.25) is 4.79 Å². The molecule has 23 heavy (non-hydrogen) atoms. The predicted molar refractivity (Wildman–Crippen MR) is 87.3 cm³/mol. The first-order valence-electron chi connectivity index (χ1n) is 6.90. The molecule has 0 aliphatic rings. The fraction of sp³-hybridized carbons (Fsp3) is 0.250. The number of benzene rings is 1. The molecule has 2 aromatic rings. The van der Waals surface area contributed by atoms with Gasteiger partial charge < -0.3 is 19.2 Å². The second-order valence-corrected chi connectivity index (χ2v) is 5.36. The van der Waals surface area contributed by atoms with Crippen LogP contribution in [0.25, 0.3) is 0 Å². The Morgan fingerprint density at radius 2 is 2.09 bits per heavy atom. The summed E-state index contributed by atoms with van der Waals surface area (Å²) < 4.78 is 16.3. The molecule has 0 amide bonds. The first-order chi connectivity index (χ1) is 11.1. The van der Waals surface area contributed by atoms with E-state index in [1.165, 1.54) is 13.2 Å². The summed E-state index contributed by atoms with van der Waals surface area (Å²) in [7, 11) is 1.48. The van der Waals surface area contributed by atoms with Crippen LogP contribution in [-0.4, -0.2) is 37.1 Å². The van der Waals surface area contributed by atoms with Gasteiger partial charge >= 0.3 is 5.97 Å². The molecule has 0 aliphatic heterocycles. The van der Waals surface area contributed by atoms with Gasteiger partial charge in [0, 0.05) is 6.20 Å². The highest BCUT2D eigenvalue weighted by Crippen LogP contribution is 2.36. The Labute approximate surface area is 141 Å². The third-order valence-corrected chi connectivity index (χ3v) is 3.58. The van der Waals surface area contributed by atoms with Crippen molar-refractivity contribution in [3.8, 4) is 11.5 Å². The highest BCUT2D eigenvalue weighted by atomic mass is 79.9. The van der Waals surface area contributed by atoms with Crippen LogP contribution >= 0.6 is 15.9 Å². The zero-order valence-corrected chi connectivity index (χ0v) is 14.3. The SMILES string of the molecule is CCOc1c(Br)cc(C(=O)OCC(=O)c2ccc[nH]2)cc1OC. The lowest BCUT2D eigenvalue weighted by Gasteiger charge is -2.13. The third kappa shape index (κ3) is 4.13. The number of hydrogen-bond acceptors (Lipinski definition) is 5. The molecule has 1 aromatic carbocycles. The molecule has 0 bridgehead atoms. The molecule has 1 N–H and O–H groups in total. The average Bonchev–Trinajstić information content (AvgIpc) is 3.08. The molecule has 0 fully saturated rings. The highest BCUT2D eigenvalue weighted by molar-refractivity contribution is 9.10. The molecule has 0 aliphatic carbocycles. The Balaban J connectivity index is 2.10. The van der Waals surface area contributed by atoms with Crippen LogP contribution in [0.5, 0.6) is 11.5 Å². The lowest BCUT2D eigenvalue weighted by Crippen LogP contribution is -2.14. The minimum Gasteiger partial charge on any atom is -0.493 e. The Kier molecular flexibility index (Phi) is 5.81. The van der Waals surface area contributed by atoms with Gasteiger partial charge in [-0.25, -0.2) is 4.79 Å². The number of esters is 1. The zero-order chi connectivity index (χ0) is 16.8. The van der Waals surface area contributed by atoms with E-state index in [1.54, 1.807) is 24.4 Å². The third-order valence-electron chi connectivity index (χ3n) is 2.99. The van der Waals surface area contributed by atoms with Crippen molar-refractivity contribution in [2.75, 3.05) is 20.3 Å². The first-order valence-corrected chi connectivity index (χ1v) is 7.70. The van der Waals surface area contributed by atoms with Gasteiger partial charge in [0.2, 0.25) is 5.78 Å². The topological polar surface area (TPSA) is 77.6 Å². The molecule has 1 aromatic heterocycles. The molecule has 0 radical (unpaired) electrons. The lowest BCUT2D eigenvalue weighted by molar-refractivity contribution is 0.0473. The summed E-state index contributed by atoms with van der Waals surface area (Å²) in [5.41, 5.74) is 0.653. The van der Waals surface area contributed by atoms with E-state index >= 15 is 0 Å². The van der Waals surface area contributed by atoms with Crippen LogP contribution in [0.1, 0.15) is 27.8 Å². The van der Waals surface area contributed by atoms with Crippen LogP contribution in [0.15, 0.2) is 34.9 Å². The highest BCUT2D eigenvalue weighted by Gasteiger charge is 2.17. The zero-order valence-electron chi connectivity index (χ0n) is 12.7. The smallest absolute Gasteiger partial charge is 0.338 e. The molecule has 0 saturated heterocycles. The molecule has 6 nitrogen and oxygen atoms in total. The maximum atomic E-state index is 12.1. The number of methoxy groups -OCH3 is 1. The number of hydrogen-bond donors (Lipinski definition) is 1. The normalized spacial score (nSPS) is 10.2. The number of ketones is 1. The van der Waals surface area contributed by atoms with Gasteiger partial charge in [-0.05, 0) is 47.1 Å². The number of H-pyrrole nitrogens is 1. The molecule has 7 heteroatoms. The summed E-state index contributed by atoms with van der Waals surface area (Å²) in [4.78, 5) is 26.7. The van der Waals surface area contributed by atoms with Crippen molar-refractivity contribution in [3.05, 3.63) is 46.2 Å². The second-order valence-electron chi connectivity index (χ2n) is 4.51. The summed E-state index contributed by atoms with van der Waals surface area (Å²) in [6, 6.07) is 6.39. The lowest BCUT2D eigenvalue weighted by atomic mass is 10.2. The number of carbonyl (C=O) groups is 2. The summed E-state index contributed by atoms with van der Waals surface area (Å²) in [5, 5.41) is 0.